The highest BCUT2D eigenvalue weighted by Crippen LogP contribution is 2.76. The molecule has 57 heavy (non-hydrogen) atoms. The summed E-state index contributed by atoms with van der Waals surface area (Å²) in [5.41, 5.74) is 15.3. The Morgan fingerprint density at radius 2 is 0.719 bits per heavy atom. The van der Waals surface area contributed by atoms with Crippen LogP contribution in [0.25, 0.3) is 82.3 Å². The maximum Gasteiger partial charge on any atom is 0.0708 e. The van der Waals surface area contributed by atoms with Crippen LogP contribution < -0.4 is 0 Å². The van der Waals surface area contributed by atoms with E-state index in [4.69, 9.17) is 9.97 Å². The van der Waals surface area contributed by atoms with Crippen molar-refractivity contribution in [3.63, 3.8) is 0 Å². The van der Waals surface area contributed by atoms with Gasteiger partial charge in [-0.2, -0.15) is 0 Å². The van der Waals surface area contributed by atoms with Crippen molar-refractivity contribution < 1.29 is 0 Å². The normalized spacial score (nSPS) is 18.3. The average molecular weight is 722 g/mol. The second-order valence-electron chi connectivity index (χ2n) is 15.9. The van der Waals surface area contributed by atoms with Crippen LogP contribution in [0.5, 0.6) is 0 Å². The van der Waals surface area contributed by atoms with E-state index in [0.29, 0.717) is 0 Å². The second-order valence-corrected chi connectivity index (χ2v) is 15.9. The lowest BCUT2D eigenvalue weighted by Crippen LogP contribution is -2.42. The maximum atomic E-state index is 4.86. The number of rotatable bonds is 3. The van der Waals surface area contributed by atoms with Crippen LogP contribution in [-0.4, -0.2) is 14.5 Å². The third kappa shape index (κ3) is 3.24. The van der Waals surface area contributed by atoms with E-state index in [-0.39, 0.29) is 0 Å². The van der Waals surface area contributed by atoms with Gasteiger partial charge in [0.1, 0.15) is 0 Å². The van der Waals surface area contributed by atoms with Crippen molar-refractivity contribution >= 4 is 54.1 Å². The molecule has 0 saturated carbocycles. The molecule has 3 aliphatic carbocycles. The Morgan fingerprint density at radius 3 is 1.21 bits per heavy atom. The predicted octanol–water partition coefficient (Wildman–Crippen LogP) is 12.7. The molecular weight excluding hydrogens is 691 g/mol. The van der Waals surface area contributed by atoms with Crippen LogP contribution in [0, 0.1) is 0 Å². The Morgan fingerprint density at radius 1 is 0.316 bits per heavy atom. The van der Waals surface area contributed by atoms with E-state index in [1.807, 2.05) is 24.5 Å². The van der Waals surface area contributed by atoms with Gasteiger partial charge in [-0.25, -0.2) is 0 Å². The van der Waals surface area contributed by atoms with Gasteiger partial charge in [0, 0.05) is 39.7 Å². The SMILES string of the molecule is c1ccc(-c2ccc3c4c(cccc24)C24c5cccc6c(-c7ccccn7)ccc(c56)C32c2ccc(-n3c5ccccc5c5ccccc53)c3cccc4c23)nc1. The molecule has 14 rings (SSSR count). The van der Waals surface area contributed by atoms with E-state index in [2.05, 4.69) is 168 Å². The van der Waals surface area contributed by atoms with E-state index in [9.17, 15) is 0 Å². The van der Waals surface area contributed by atoms with Crippen molar-refractivity contribution in [2.75, 3.05) is 0 Å². The molecule has 3 heteroatoms. The Bertz CT molecular complexity index is 3360. The van der Waals surface area contributed by atoms with E-state index < -0.39 is 10.8 Å². The number of benzene rings is 8. The van der Waals surface area contributed by atoms with Crippen molar-refractivity contribution in [1.82, 2.24) is 14.5 Å². The first kappa shape index (κ1) is 29.9. The van der Waals surface area contributed by atoms with Crippen molar-refractivity contribution in [2.45, 2.75) is 10.8 Å². The molecule has 11 aromatic rings. The molecular formula is C54H31N3. The summed E-state index contributed by atoms with van der Waals surface area (Å²) >= 11 is 0. The van der Waals surface area contributed by atoms with E-state index in [1.54, 1.807) is 0 Å². The number of fused-ring (bicyclic) bond motifs is 3. The monoisotopic (exact) mass is 721 g/mol. The number of aromatic nitrogens is 3. The van der Waals surface area contributed by atoms with Gasteiger partial charge in [-0.1, -0.05) is 133 Å². The van der Waals surface area contributed by atoms with Crippen molar-refractivity contribution in [2.24, 2.45) is 0 Å². The summed E-state index contributed by atoms with van der Waals surface area (Å²) in [6.45, 7) is 0. The molecule has 3 aromatic heterocycles. The van der Waals surface area contributed by atoms with Gasteiger partial charge in [0.05, 0.1) is 38.9 Å². The summed E-state index contributed by atoms with van der Waals surface area (Å²) in [7, 11) is 0. The molecule has 8 aromatic carbocycles. The molecule has 0 radical (unpaired) electrons. The molecule has 0 saturated heterocycles. The second kappa shape index (κ2) is 10.3. The van der Waals surface area contributed by atoms with E-state index in [1.165, 1.54) is 104 Å². The summed E-state index contributed by atoms with van der Waals surface area (Å²) in [6.07, 6.45) is 3.81. The molecule has 3 heterocycles. The molecule has 0 bridgehead atoms. The van der Waals surface area contributed by atoms with Crippen LogP contribution in [0.3, 0.4) is 0 Å². The molecule has 0 fully saturated rings. The van der Waals surface area contributed by atoms with Gasteiger partial charge < -0.3 is 4.57 Å². The van der Waals surface area contributed by atoms with Crippen LogP contribution in [0.15, 0.2) is 188 Å². The molecule has 3 nitrogen and oxygen atoms in total. The first-order valence-electron chi connectivity index (χ1n) is 19.8. The summed E-state index contributed by atoms with van der Waals surface area (Å²) in [6, 6.07) is 65.8. The van der Waals surface area contributed by atoms with Crippen LogP contribution in [0.2, 0.25) is 0 Å². The zero-order chi connectivity index (χ0) is 37.0. The van der Waals surface area contributed by atoms with Crippen molar-refractivity contribution in [3.8, 4) is 28.2 Å². The molecule has 3 aliphatic rings. The molecule has 0 atom stereocenters. The standard InChI is InChI=1S/C54H31N3/c1-3-22-47-34(12-1)35-13-2-4-23-48(35)57(47)49-29-28-44-52-38(49)16-11-19-41(52)53-39-17-9-14-36-32(45-20-5-7-30-55-45)24-26-42(50(36)39)54(44,53)43-27-25-33(46-21-6-8-31-56-46)37-15-10-18-40(53)51(37)43/h1-31H. The Balaban J connectivity index is 1.16. The zero-order valence-electron chi connectivity index (χ0n) is 30.7. The molecule has 0 N–H and O–H groups in total. The Hall–Kier alpha value is -7.36. The third-order valence-electron chi connectivity index (χ3n) is 13.8. The molecule has 0 spiro atoms. The van der Waals surface area contributed by atoms with Crippen LogP contribution >= 0.6 is 0 Å². The first-order chi connectivity index (χ1) is 28.3. The highest BCUT2D eigenvalue weighted by Gasteiger charge is 2.70. The van der Waals surface area contributed by atoms with Crippen molar-refractivity contribution in [3.05, 3.63) is 222 Å². The van der Waals surface area contributed by atoms with Gasteiger partial charge in [-0.15, -0.1) is 0 Å². The fourth-order valence-electron chi connectivity index (χ4n) is 12.0. The number of pyridine rings is 2. The third-order valence-corrected chi connectivity index (χ3v) is 13.8. The Kier molecular flexibility index (Phi) is 5.40. The smallest absolute Gasteiger partial charge is 0.0708 e. The Labute approximate surface area is 328 Å². The van der Waals surface area contributed by atoms with Crippen LogP contribution in [0.4, 0.5) is 0 Å². The maximum absolute atomic E-state index is 4.86. The summed E-state index contributed by atoms with van der Waals surface area (Å²) in [5, 5.41) is 10.4. The quantitative estimate of drug-likeness (QED) is 0.182. The van der Waals surface area contributed by atoms with Gasteiger partial charge in [0.15, 0.2) is 0 Å². The minimum atomic E-state index is -0.497. The summed E-state index contributed by atoms with van der Waals surface area (Å²) < 4.78 is 2.49. The minimum absolute atomic E-state index is 0.497. The van der Waals surface area contributed by atoms with Gasteiger partial charge in [0.2, 0.25) is 0 Å². The first-order valence-corrected chi connectivity index (χ1v) is 19.8. The molecule has 0 aliphatic heterocycles. The molecule has 0 unspecified atom stereocenters. The van der Waals surface area contributed by atoms with Crippen molar-refractivity contribution in [1.29, 1.82) is 0 Å². The summed E-state index contributed by atoms with van der Waals surface area (Å²) in [5.74, 6) is 0. The highest BCUT2D eigenvalue weighted by molar-refractivity contribution is 6.18. The van der Waals surface area contributed by atoms with Gasteiger partial charge in [-0.3, -0.25) is 9.97 Å². The number of para-hydroxylation sites is 2. The van der Waals surface area contributed by atoms with E-state index in [0.717, 1.165) is 11.4 Å². The average Bonchev–Trinajstić information content (AvgIpc) is 3.93. The lowest BCUT2D eigenvalue weighted by molar-refractivity contribution is 0.492. The highest BCUT2D eigenvalue weighted by atomic mass is 15.0. The van der Waals surface area contributed by atoms with Crippen LogP contribution in [-0.2, 0) is 10.8 Å². The lowest BCUT2D eigenvalue weighted by atomic mass is 9.59. The molecule has 0 amide bonds. The zero-order valence-corrected chi connectivity index (χ0v) is 30.7. The van der Waals surface area contributed by atoms with E-state index >= 15 is 0 Å². The number of hydrogen-bond donors (Lipinski definition) is 0. The summed E-state index contributed by atoms with van der Waals surface area (Å²) in [4.78, 5) is 9.72. The topological polar surface area (TPSA) is 30.7 Å². The van der Waals surface area contributed by atoms with Crippen LogP contribution in [0.1, 0.15) is 33.4 Å². The fraction of sp³-hybridized carbons (Fsp3) is 0.0370. The minimum Gasteiger partial charge on any atom is -0.309 e. The number of nitrogens with zero attached hydrogens (tertiary/aromatic N) is 3. The largest absolute Gasteiger partial charge is 0.309 e. The van der Waals surface area contributed by atoms with Gasteiger partial charge >= 0.3 is 0 Å². The predicted molar refractivity (Wildman–Crippen MR) is 232 cm³/mol. The fourth-order valence-corrected chi connectivity index (χ4v) is 12.0. The molecule has 262 valence electrons. The number of hydrogen-bond acceptors (Lipinski definition) is 2. The van der Waals surface area contributed by atoms with Gasteiger partial charge in [-0.05, 0) is 103 Å². The lowest BCUT2D eigenvalue weighted by Gasteiger charge is -2.40. The van der Waals surface area contributed by atoms with Gasteiger partial charge in [0.25, 0.3) is 0 Å².